The minimum absolute atomic E-state index is 0.0388. The molecule has 1 unspecified atom stereocenters. The van der Waals surface area contributed by atoms with Gasteiger partial charge in [0.1, 0.15) is 11.6 Å². The van der Waals surface area contributed by atoms with E-state index in [2.05, 4.69) is 5.32 Å². The summed E-state index contributed by atoms with van der Waals surface area (Å²) in [7, 11) is 0. The lowest BCUT2D eigenvalue weighted by atomic mass is 9.92. The summed E-state index contributed by atoms with van der Waals surface area (Å²) in [6.45, 7) is 7.91. The predicted octanol–water partition coefficient (Wildman–Crippen LogP) is 1.89. The third-order valence-corrected chi connectivity index (χ3v) is 3.36. The third kappa shape index (κ3) is 3.05. The number of carbonyl (C=O) groups excluding carboxylic acids is 2. The molecule has 18 heavy (non-hydrogen) atoms. The molecule has 0 aromatic heterocycles. The van der Waals surface area contributed by atoms with Crippen LogP contribution in [0.2, 0.25) is 0 Å². The maximum absolute atomic E-state index is 12.4. The summed E-state index contributed by atoms with van der Waals surface area (Å²) >= 11 is 5.50. The Hall–Kier alpha value is -1.03. The van der Waals surface area contributed by atoms with Crippen molar-refractivity contribution in [3.63, 3.8) is 0 Å². The van der Waals surface area contributed by atoms with E-state index in [1.165, 1.54) is 5.54 Å². The van der Waals surface area contributed by atoms with Crippen LogP contribution in [0, 0.1) is 5.92 Å². The Morgan fingerprint density at radius 2 is 2.06 bits per heavy atom. The average molecular weight is 273 g/mol. The summed E-state index contributed by atoms with van der Waals surface area (Å²) in [5.74, 6) is 0.199. The molecule has 0 saturated carbocycles. The highest BCUT2D eigenvalue weighted by molar-refractivity contribution is 6.25. The van der Waals surface area contributed by atoms with Crippen molar-refractivity contribution in [2.75, 3.05) is 6.54 Å². The number of hydrogen-bond acceptors (Lipinski definition) is 2. The second kappa shape index (κ2) is 5.74. The van der Waals surface area contributed by atoms with Crippen LogP contribution in [0.1, 0.15) is 34.1 Å². The minimum Gasteiger partial charge on any atom is -0.342 e. The molecule has 0 bridgehead atoms. The van der Waals surface area contributed by atoms with Gasteiger partial charge >= 0.3 is 0 Å². The predicted molar refractivity (Wildman–Crippen MR) is 72.2 cm³/mol. The molecule has 1 rings (SSSR count). The van der Waals surface area contributed by atoms with Crippen molar-refractivity contribution >= 4 is 23.4 Å². The first-order valence-corrected chi connectivity index (χ1v) is 6.62. The second-order valence-corrected chi connectivity index (χ2v) is 5.78. The second-order valence-electron chi connectivity index (χ2n) is 5.53. The van der Waals surface area contributed by atoms with Crippen LogP contribution in [0.5, 0.6) is 0 Å². The normalized spacial score (nSPS) is 23.9. The zero-order chi connectivity index (χ0) is 13.9. The number of nitrogens with zero attached hydrogens (tertiary/aromatic N) is 1. The highest BCUT2D eigenvalue weighted by Crippen LogP contribution is 2.23. The molecule has 102 valence electrons. The van der Waals surface area contributed by atoms with Crippen molar-refractivity contribution < 1.29 is 9.59 Å². The third-order valence-electron chi connectivity index (χ3n) is 3.18. The molecule has 5 heteroatoms. The monoisotopic (exact) mass is 272 g/mol. The zero-order valence-corrected chi connectivity index (χ0v) is 12.1. The molecule has 0 radical (unpaired) electrons. The number of nitrogens with one attached hydrogen (secondary N) is 1. The van der Waals surface area contributed by atoms with E-state index in [4.69, 9.17) is 11.6 Å². The summed E-state index contributed by atoms with van der Waals surface area (Å²) < 4.78 is 0. The average Bonchev–Trinajstić information content (AvgIpc) is 2.25. The van der Waals surface area contributed by atoms with Crippen LogP contribution in [0.4, 0.5) is 0 Å². The highest BCUT2D eigenvalue weighted by Gasteiger charge is 2.45. The van der Waals surface area contributed by atoms with E-state index in [9.17, 15) is 9.59 Å². The van der Waals surface area contributed by atoms with Gasteiger partial charge in [0.15, 0.2) is 0 Å². The molecular formula is C13H21ClN2O2. The van der Waals surface area contributed by atoms with Gasteiger partial charge in [0.25, 0.3) is 0 Å². The molecule has 1 atom stereocenters. The van der Waals surface area contributed by atoms with Crippen molar-refractivity contribution in [1.29, 1.82) is 0 Å². The molecule has 0 aromatic carbocycles. The van der Waals surface area contributed by atoms with Crippen LogP contribution in [0.3, 0.4) is 0 Å². The molecular weight excluding hydrogens is 252 g/mol. The quantitative estimate of drug-likeness (QED) is 0.850. The largest absolute Gasteiger partial charge is 0.342 e. The van der Waals surface area contributed by atoms with Crippen molar-refractivity contribution in [1.82, 2.24) is 10.2 Å². The number of hydrogen-bond donors (Lipinski definition) is 1. The van der Waals surface area contributed by atoms with Crippen LogP contribution < -0.4 is 5.32 Å². The molecule has 1 fully saturated rings. The molecule has 4 nitrogen and oxygen atoms in total. The van der Waals surface area contributed by atoms with Gasteiger partial charge < -0.3 is 10.2 Å². The first-order chi connectivity index (χ1) is 8.30. The number of carbonyl (C=O) groups is 2. The Kier molecular flexibility index (Phi) is 4.79. The van der Waals surface area contributed by atoms with Gasteiger partial charge in [-0.1, -0.05) is 31.5 Å². The van der Waals surface area contributed by atoms with E-state index in [1.807, 2.05) is 13.8 Å². The Bertz CT molecular complexity index is 364. The summed E-state index contributed by atoms with van der Waals surface area (Å²) in [5, 5.41) is 2.81. The Balaban J connectivity index is 2.94. The number of halogens is 1. The fourth-order valence-corrected chi connectivity index (χ4v) is 2.16. The maximum Gasteiger partial charge on any atom is 0.246 e. The lowest BCUT2D eigenvalue weighted by Crippen LogP contribution is -2.68. The van der Waals surface area contributed by atoms with Crippen molar-refractivity contribution in [2.24, 2.45) is 5.92 Å². The first-order valence-electron chi connectivity index (χ1n) is 6.18. The molecule has 0 aromatic rings. The molecule has 1 heterocycles. The van der Waals surface area contributed by atoms with Crippen molar-refractivity contribution in [3.8, 4) is 0 Å². The molecule has 0 aliphatic carbocycles. The Labute approximate surface area is 113 Å². The first kappa shape index (κ1) is 15.0. The summed E-state index contributed by atoms with van der Waals surface area (Å²) in [6.07, 6.45) is 2.33. The van der Waals surface area contributed by atoms with E-state index in [1.54, 1.807) is 24.8 Å². The smallest absolute Gasteiger partial charge is 0.246 e. The van der Waals surface area contributed by atoms with E-state index in [-0.39, 0.29) is 11.8 Å². The summed E-state index contributed by atoms with van der Waals surface area (Å²) in [6, 6.07) is -0.422. The summed E-state index contributed by atoms with van der Waals surface area (Å²) in [5.41, 5.74) is 0.536. The van der Waals surface area contributed by atoms with E-state index in [0.29, 0.717) is 18.9 Å². The Morgan fingerprint density at radius 3 is 2.56 bits per heavy atom. The fraction of sp³-hybridized carbons (Fsp3) is 0.692. The standard InChI is InChI=1S/C13H21ClN2O2/c1-9(2)8-10-11(17)16(7-5-6-14)13(3,4)12(18)15-10/h5-6,9-10H,7-8H2,1-4H3,(H,15,18)/b6-5+. The van der Waals surface area contributed by atoms with Crippen molar-refractivity contribution in [2.45, 2.75) is 45.7 Å². The van der Waals surface area contributed by atoms with Gasteiger partial charge in [0.2, 0.25) is 11.8 Å². The SMILES string of the molecule is CC(C)CC1NC(=O)C(C)(C)N(C/C=C/Cl)C1=O. The molecule has 0 spiro atoms. The van der Waals surface area contributed by atoms with E-state index < -0.39 is 11.6 Å². The maximum atomic E-state index is 12.4. The Morgan fingerprint density at radius 1 is 1.44 bits per heavy atom. The lowest BCUT2D eigenvalue weighted by Gasteiger charge is -2.44. The minimum atomic E-state index is -0.832. The molecule has 2 amide bonds. The van der Waals surface area contributed by atoms with Crippen LogP contribution in [-0.2, 0) is 9.59 Å². The highest BCUT2D eigenvalue weighted by atomic mass is 35.5. The van der Waals surface area contributed by atoms with Gasteiger partial charge in [-0.3, -0.25) is 9.59 Å². The van der Waals surface area contributed by atoms with Gasteiger partial charge in [-0.2, -0.15) is 0 Å². The van der Waals surface area contributed by atoms with Gasteiger partial charge in [0.05, 0.1) is 0 Å². The molecule has 1 N–H and O–H groups in total. The van der Waals surface area contributed by atoms with Gasteiger partial charge in [-0.25, -0.2) is 0 Å². The fourth-order valence-electron chi connectivity index (χ4n) is 2.08. The van der Waals surface area contributed by atoms with Crippen LogP contribution >= 0.6 is 11.6 Å². The van der Waals surface area contributed by atoms with Crippen LogP contribution in [-0.4, -0.2) is 34.8 Å². The number of rotatable bonds is 4. The molecule has 1 aliphatic rings. The van der Waals surface area contributed by atoms with Gasteiger partial charge in [0, 0.05) is 12.1 Å². The topological polar surface area (TPSA) is 49.4 Å². The van der Waals surface area contributed by atoms with Crippen molar-refractivity contribution in [3.05, 3.63) is 11.6 Å². The molecule has 1 saturated heterocycles. The molecule has 1 aliphatic heterocycles. The zero-order valence-electron chi connectivity index (χ0n) is 11.4. The van der Waals surface area contributed by atoms with E-state index in [0.717, 1.165) is 0 Å². The number of piperazine rings is 1. The van der Waals surface area contributed by atoms with Gasteiger partial charge in [-0.05, 0) is 26.2 Å². The van der Waals surface area contributed by atoms with Gasteiger partial charge in [-0.15, -0.1) is 0 Å². The summed E-state index contributed by atoms with van der Waals surface area (Å²) in [4.78, 5) is 26.0. The van der Waals surface area contributed by atoms with E-state index >= 15 is 0 Å². The number of amides is 2. The lowest BCUT2D eigenvalue weighted by molar-refractivity contribution is -0.154. The van der Waals surface area contributed by atoms with Crippen LogP contribution in [0.15, 0.2) is 11.6 Å². The van der Waals surface area contributed by atoms with Crippen LogP contribution in [0.25, 0.3) is 0 Å².